The lowest BCUT2D eigenvalue weighted by Crippen LogP contribution is -2.19. The molecule has 1 heteroatoms. The van der Waals surface area contributed by atoms with Crippen molar-refractivity contribution in [1.29, 1.82) is 0 Å². The summed E-state index contributed by atoms with van der Waals surface area (Å²) in [4.78, 5) is 12.7. The monoisotopic (exact) mass is 262 g/mol. The van der Waals surface area contributed by atoms with Gasteiger partial charge in [0, 0.05) is 11.5 Å². The van der Waals surface area contributed by atoms with Gasteiger partial charge < -0.3 is 0 Å². The minimum absolute atomic E-state index is 0.00792. The van der Waals surface area contributed by atoms with E-state index >= 15 is 0 Å². The number of Topliss-reactive ketones (excluding diaryl/α,β-unsaturated/α-hetero) is 1. The number of hydrogen-bond acceptors (Lipinski definition) is 1. The van der Waals surface area contributed by atoms with E-state index in [-0.39, 0.29) is 11.7 Å². The maximum Gasteiger partial charge on any atom is 0.170 e. The van der Waals surface area contributed by atoms with Gasteiger partial charge in [-0.25, -0.2) is 0 Å². The summed E-state index contributed by atoms with van der Waals surface area (Å²) in [7, 11) is 0. The summed E-state index contributed by atoms with van der Waals surface area (Å²) in [6.07, 6.45) is 5.36. The van der Waals surface area contributed by atoms with Crippen LogP contribution in [0, 0.1) is 5.92 Å². The van der Waals surface area contributed by atoms with E-state index in [1.807, 2.05) is 48.5 Å². The van der Waals surface area contributed by atoms with Crippen LogP contribution in [0.5, 0.6) is 0 Å². The molecule has 0 amide bonds. The van der Waals surface area contributed by atoms with E-state index in [0.717, 1.165) is 24.8 Å². The summed E-state index contributed by atoms with van der Waals surface area (Å²) in [6, 6.07) is 19.9. The van der Waals surface area contributed by atoms with E-state index in [0.29, 0.717) is 0 Å². The first-order chi connectivity index (χ1) is 9.86. The lowest BCUT2D eigenvalue weighted by atomic mass is 9.79. The molecule has 0 saturated carbocycles. The molecule has 0 aromatic heterocycles. The van der Waals surface area contributed by atoms with Crippen LogP contribution in [0.4, 0.5) is 0 Å². The highest BCUT2D eigenvalue weighted by molar-refractivity contribution is 6.04. The Morgan fingerprint density at radius 1 is 0.900 bits per heavy atom. The van der Waals surface area contributed by atoms with Crippen molar-refractivity contribution in [3.05, 3.63) is 77.9 Å². The molecule has 0 bridgehead atoms. The second-order valence-corrected chi connectivity index (χ2v) is 5.24. The third-order valence-corrected chi connectivity index (χ3v) is 3.92. The van der Waals surface area contributed by atoms with Gasteiger partial charge in [0.2, 0.25) is 0 Å². The summed E-state index contributed by atoms with van der Waals surface area (Å²) in [6.45, 7) is 0. The van der Waals surface area contributed by atoms with E-state index in [1.165, 1.54) is 11.1 Å². The van der Waals surface area contributed by atoms with E-state index < -0.39 is 0 Å². The van der Waals surface area contributed by atoms with Gasteiger partial charge in [-0.2, -0.15) is 0 Å². The van der Waals surface area contributed by atoms with Crippen molar-refractivity contribution in [3.63, 3.8) is 0 Å². The van der Waals surface area contributed by atoms with E-state index in [9.17, 15) is 4.79 Å². The predicted molar refractivity (Wildman–Crippen MR) is 82.5 cm³/mol. The second-order valence-electron chi connectivity index (χ2n) is 5.24. The Morgan fingerprint density at radius 2 is 1.55 bits per heavy atom. The third kappa shape index (κ3) is 2.57. The molecule has 0 aliphatic heterocycles. The number of ketones is 1. The number of carbonyl (C=O) groups is 1. The van der Waals surface area contributed by atoms with Gasteiger partial charge >= 0.3 is 0 Å². The molecule has 1 nitrogen and oxygen atoms in total. The molecule has 1 aliphatic carbocycles. The van der Waals surface area contributed by atoms with Crippen LogP contribution in [0.1, 0.15) is 35.2 Å². The first-order valence-electron chi connectivity index (χ1n) is 7.21. The lowest BCUT2D eigenvalue weighted by molar-refractivity contribution is 0.0942. The first kappa shape index (κ1) is 12.9. The van der Waals surface area contributed by atoms with Crippen molar-refractivity contribution in [1.82, 2.24) is 0 Å². The Kier molecular flexibility index (Phi) is 3.78. The SMILES string of the molecule is O=C(c1ccccc1)C1CCCC=C1c1ccccc1. The molecular formula is C19H18O. The van der Waals surface area contributed by atoms with Crippen LogP contribution in [0.2, 0.25) is 0 Å². The van der Waals surface area contributed by atoms with E-state index in [1.54, 1.807) is 0 Å². The average Bonchev–Trinajstić information content (AvgIpc) is 2.56. The van der Waals surface area contributed by atoms with Crippen molar-refractivity contribution in [3.8, 4) is 0 Å². The molecule has 0 fully saturated rings. The van der Waals surface area contributed by atoms with Crippen molar-refractivity contribution < 1.29 is 4.79 Å². The zero-order valence-electron chi connectivity index (χ0n) is 11.5. The molecule has 0 radical (unpaired) electrons. The van der Waals surface area contributed by atoms with Gasteiger partial charge in [0.25, 0.3) is 0 Å². The minimum Gasteiger partial charge on any atom is -0.293 e. The zero-order valence-corrected chi connectivity index (χ0v) is 11.5. The third-order valence-electron chi connectivity index (χ3n) is 3.92. The predicted octanol–water partition coefficient (Wildman–Crippen LogP) is 4.75. The molecule has 0 spiro atoms. The fourth-order valence-electron chi connectivity index (χ4n) is 2.90. The fourth-order valence-corrected chi connectivity index (χ4v) is 2.90. The van der Waals surface area contributed by atoms with Gasteiger partial charge in [-0.05, 0) is 30.4 Å². The van der Waals surface area contributed by atoms with Crippen LogP contribution in [-0.4, -0.2) is 5.78 Å². The molecule has 0 N–H and O–H groups in total. The van der Waals surface area contributed by atoms with Gasteiger partial charge in [-0.3, -0.25) is 4.79 Å². The zero-order chi connectivity index (χ0) is 13.8. The largest absolute Gasteiger partial charge is 0.293 e. The molecule has 0 saturated heterocycles. The molecule has 100 valence electrons. The van der Waals surface area contributed by atoms with Crippen molar-refractivity contribution in [2.75, 3.05) is 0 Å². The van der Waals surface area contributed by atoms with Gasteiger partial charge in [0.05, 0.1) is 0 Å². The number of allylic oxidation sites excluding steroid dienone is 2. The summed E-state index contributed by atoms with van der Waals surface area (Å²) in [5.41, 5.74) is 3.20. The molecule has 20 heavy (non-hydrogen) atoms. The highest BCUT2D eigenvalue weighted by atomic mass is 16.1. The normalized spacial score (nSPS) is 18.4. The second kappa shape index (κ2) is 5.87. The van der Waals surface area contributed by atoms with Crippen LogP contribution in [-0.2, 0) is 0 Å². The Labute approximate surface area is 120 Å². The molecule has 2 aromatic rings. The maximum absolute atomic E-state index is 12.7. The minimum atomic E-state index is 0.00792. The molecule has 1 unspecified atom stereocenters. The molecular weight excluding hydrogens is 244 g/mol. The summed E-state index contributed by atoms with van der Waals surface area (Å²) in [5, 5.41) is 0. The molecule has 3 rings (SSSR count). The highest BCUT2D eigenvalue weighted by Crippen LogP contribution is 2.34. The maximum atomic E-state index is 12.7. The fraction of sp³-hybridized carbons (Fsp3) is 0.211. The van der Waals surface area contributed by atoms with E-state index in [2.05, 4.69) is 18.2 Å². The first-order valence-corrected chi connectivity index (χ1v) is 7.21. The lowest BCUT2D eigenvalue weighted by Gasteiger charge is -2.23. The highest BCUT2D eigenvalue weighted by Gasteiger charge is 2.26. The van der Waals surface area contributed by atoms with Gasteiger partial charge in [-0.15, -0.1) is 0 Å². The Bertz CT molecular complexity index is 611. The topological polar surface area (TPSA) is 17.1 Å². The smallest absolute Gasteiger partial charge is 0.170 e. The quantitative estimate of drug-likeness (QED) is 0.729. The number of carbonyl (C=O) groups excluding carboxylic acids is 1. The summed E-state index contributed by atoms with van der Waals surface area (Å²) in [5.74, 6) is 0.258. The molecule has 1 aliphatic rings. The van der Waals surface area contributed by atoms with Crippen molar-refractivity contribution >= 4 is 11.4 Å². The Balaban J connectivity index is 1.94. The number of benzene rings is 2. The van der Waals surface area contributed by atoms with Crippen LogP contribution in [0.15, 0.2) is 66.7 Å². The van der Waals surface area contributed by atoms with Gasteiger partial charge in [0.1, 0.15) is 0 Å². The molecule has 0 heterocycles. The average molecular weight is 262 g/mol. The van der Waals surface area contributed by atoms with E-state index in [4.69, 9.17) is 0 Å². The van der Waals surface area contributed by atoms with Crippen LogP contribution >= 0.6 is 0 Å². The standard InChI is InChI=1S/C19H18O/c20-19(16-11-5-2-6-12-16)18-14-8-7-13-17(18)15-9-3-1-4-10-15/h1-6,9-13,18H,7-8,14H2. The van der Waals surface area contributed by atoms with Gasteiger partial charge in [-0.1, -0.05) is 66.7 Å². The molecule has 2 aromatic carbocycles. The van der Waals surface area contributed by atoms with Crippen LogP contribution in [0.3, 0.4) is 0 Å². The molecule has 1 atom stereocenters. The summed E-state index contributed by atoms with van der Waals surface area (Å²) < 4.78 is 0. The van der Waals surface area contributed by atoms with Gasteiger partial charge in [0.15, 0.2) is 5.78 Å². The van der Waals surface area contributed by atoms with Crippen LogP contribution < -0.4 is 0 Å². The Hall–Kier alpha value is -2.15. The van der Waals surface area contributed by atoms with Crippen molar-refractivity contribution in [2.45, 2.75) is 19.3 Å². The van der Waals surface area contributed by atoms with Crippen molar-refractivity contribution in [2.24, 2.45) is 5.92 Å². The number of rotatable bonds is 3. The summed E-state index contributed by atoms with van der Waals surface area (Å²) >= 11 is 0. The Morgan fingerprint density at radius 3 is 2.25 bits per heavy atom. The van der Waals surface area contributed by atoms with Crippen LogP contribution in [0.25, 0.3) is 5.57 Å². The number of hydrogen-bond donors (Lipinski definition) is 0.